The van der Waals surface area contributed by atoms with Crippen LogP contribution in [-0.4, -0.2) is 34.6 Å². The van der Waals surface area contributed by atoms with Crippen LogP contribution in [0, 0.1) is 0 Å². The quantitative estimate of drug-likeness (QED) is 0.591. The van der Waals surface area contributed by atoms with Crippen molar-refractivity contribution in [2.24, 2.45) is 0 Å². The molecule has 0 aliphatic carbocycles. The Morgan fingerprint density at radius 3 is 1.52 bits per heavy atom. The highest BCUT2D eigenvalue weighted by Gasteiger charge is 2.05. The molecule has 6 nitrogen and oxygen atoms in total. The second kappa shape index (κ2) is 8.01. The number of aliphatic hydroxyl groups is 2. The van der Waals surface area contributed by atoms with E-state index in [2.05, 4.69) is 0 Å². The monoisotopic (exact) mass is 344 g/mol. The lowest BCUT2D eigenvalue weighted by atomic mass is 10.1. The molecule has 0 saturated carbocycles. The van der Waals surface area contributed by atoms with Crippen LogP contribution in [0.4, 0.5) is 0 Å². The summed E-state index contributed by atoms with van der Waals surface area (Å²) < 4.78 is 9.90. The zero-order valence-electron chi connectivity index (χ0n) is 13.9. The van der Waals surface area contributed by atoms with E-state index in [1.165, 1.54) is 38.5 Å². The van der Waals surface area contributed by atoms with Gasteiger partial charge in [-0.2, -0.15) is 0 Å². The van der Waals surface area contributed by atoms with E-state index in [4.69, 9.17) is 9.47 Å². The maximum atomic E-state index is 9.98. The molecule has 0 spiro atoms. The summed E-state index contributed by atoms with van der Waals surface area (Å²) in [6.07, 6.45) is 2.75. The molecule has 25 heavy (non-hydrogen) atoms. The van der Waals surface area contributed by atoms with Gasteiger partial charge in [-0.05, 0) is 47.5 Å². The van der Waals surface area contributed by atoms with Crippen molar-refractivity contribution < 1.29 is 29.9 Å². The summed E-state index contributed by atoms with van der Waals surface area (Å²) in [6, 6.07) is 9.36. The highest BCUT2D eigenvalue weighted by molar-refractivity contribution is 5.59. The second-order valence-electron chi connectivity index (χ2n) is 5.31. The first-order valence-corrected chi connectivity index (χ1v) is 7.46. The number of phenols is 2. The molecule has 0 aliphatic rings. The number of hydrogen-bond acceptors (Lipinski definition) is 6. The van der Waals surface area contributed by atoms with E-state index >= 15 is 0 Å². The number of aromatic hydroxyl groups is 2. The predicted molar refractivity (Wildman–Crippen MR) is 95.1 cm³/mol. The van der Waals surface area contributed by atoms with Gasteiger partial charge in [-0.1, -0.05) is 12.1 Å². The summed E-state index contributed by atoms with van der Waals surface area (Å²) in [5.74, 6) is 0.402. The van der Waals surface area contributed by atoms with E-state index in [-0.39, 0.29) is 29.4 Å². The van der Waals surface area contributed by atoms with Crippen molar-refractivity contribution in [2.45, 2.75) is 6.42 Å². The summed E-state index contributed by atoms with van der Waals surface area (Å²) in [5.41, 5.74) is 1.12. The molecule has 0 heterocycles. The minimum atomic E-state index is -0.0976. The van der Waals surface area contributed by atoms with Gasteiger partial charge in [0.05, 0.1) is 20.6 Å². The molecular weight excluding hydrogens is 324 g/mol. The van der Waals surface area contributed by atoms with Gasteiger partial charge in [0.15, 0.2) is 23.0 Å². The van der Waals surface area contributed by atoms with Gasteiger partial charge in [-0.3, -0.25) is 0 Å². The molecule has 4 N–H and O–H groups in total. The number of aliphatic hydroxyl groups excluding tert-OH is 2. The molecule has 0 aromatic heterocycles. The Morgan fingerprint density at radius 1 is 0.800 bits per heavy atom. The number of ether oxygens (including phenoxy) is 2. The highest BCUT2D eigenvalue weighted by atomic mass is 16.5. The molecule has 132 valence electrons. The van der Waals surface area contributed by atoms with E-state index in [9.17, 15) is 20.4 Å². The fourth-order valence-electron chi connectivity index (χ4n) is 2.27. The molecule has 6 heteroatoms. The average molecular weight is 344 g/mol. The molecule has 0 saturated heterocycles. The van der Waals surface area contributed by atoms with Crippen LogP contribution in [0.5, 0.6) is 23.0 Å². The SMILES string of the molecule is COc1ccc(/C=C(\O)C/C(O)=C/c2ccc(OC)c(O)c2)cc1O. The smallest absolute Gasteiger partial charge is 0.160 e. The molecule has 0 aliphatic heterocycles. The van der Waals surface area contributed by atoms with Crippen LogP contribution in [-0.2, 0) is 0 Å². The van der Waals surface area contributed by atoms with Crippen LogP contribution in [0.15, 0.2) is 47.9 Å². The number of hydrogen-bond donors (Lipinski definition) is 4. The first-order chi connectivity index (χ1) is 11.9. The van der Waals surface area contributed by atoms with Gasteiger partial charge >= 0.3 is 0 Å². The third-order valence-corrected chi connectivity index (χ3v) is 3.43. The predicted octanol–water partition coefficient (Wildman–Crippen LogP) is 4.00. The highest BCUT2D eigenvalue weighted by Crippen LogP contribution is 2.28. The fourth-order valence-corrected chi connectivity index (χ4v) is 2.27. The van der Waals surface area contributed by atoms with Crippen molar-refractivity contribution in [2.75, 3.05) is 14.2 Å². The Labute approximate surface area is 145 Å². The maximum Gasteiger partial charge on any atom is 0.160 e. The average Bonchev–Trinajstić information content (AvgIpc) is 2.55. The Balaban J connectivity index is 2.12. The van der Waals surface area contributed by atoms with Gasteiger partial charge in [0.2, 0.25) is 0 Å². The topological polar surface area (TPSA) is 99.4 Å². The second-order valence-corrected chi connectivity index (χ2v) is 5.31. The van der Waals surface area contributed by atoms with Gasteiger partial charge in [0.1, 0.15) is 11.5 Å². The maximum absolute atomic E-state index is 9.98. The Hall–Kier alpha value is -3.28. The summed E-state index contributed by atoms with van der Waals surface area (Å²) in [7, 11) is 2.89. The number of rotatable bonds is 6. The van der Waals surface area contributed by atoms with E-state index in [0.717, 1.165) is 0 Å². The Morgan fingerprint density at radius 2 is 1.20 bits per heavy atom. The minimum Gasteiger partial charge on any atom is -0.512 e. The third-order valence-electron chi connectivity index (χ3n) is 3.43. The van der Waals surface area contributed by atoms with Gasteiger partial charge in [-0.15, -0.1) is 0 Å². The van der Waals surface area contributed by atoms with Crippen molar-refractivity contribution in [1.29, 1.82) is 0 Å². The summed E-state index contributed by atoms with van der Waals surface area (Å²) in [6.45, 7) is 0. The van der Waals surface area contributed by atoms with Crippen LogP contribution in [0.2, 0.25) is 0 Å². The van der Waals surface area contributed by atoms with E-state index in [1.807, 2.05) is 0 Å². The summed E-state index contributed by atoms with van der Waals surface area (Å²) >= 11 is 0. The van der Waals surface area contributed by atoms with E-state index in [1.54, 1.807) is 24.3 Å². The van der Waals surface area contributed by atoms with Gasteiger partial charge in [0.25, 0.3) is 0 Å². The lowest BCUT2D eigenvalue weighted by Crippen LogP contribution is -1.89. The minimum absolute atomic E-state index is 0.0440. The van der Waals surface area contributed by atoms with Crippen LogP contribution < -0.4 is 9.47 Å². The fraction of sp³-hybridized carbons (Fsp3) is 0.158. The third kappa shape index (κ3) is 4.84. The van der Waals surface area contributed by atoms with Crippen LogP contribution in [0.3, 0.4) is 0 Å². The van der Waals surface area contributed by atoms with Crippen molar-refractivity contribution in [3.05, 3.63) is 59.0 Å². The van der Waals surface area contributed by atoms with Gasteiger partial charge < -0.3 is 29.9 Å². The molecular formula is C19H20O6. The lowest BCUT2D eigenvalue weighted by Gasteiger charge is -2.06. The van der Waals surface area contributed by atoms with Crippen molar-refractivity contribution in [1.82, 2.24) is 0 Å². The molecule has 0 atom stereocenters. The molecule has 0 unspecified atom stereocenters. The first-order valence-electron chi connectivity index (χ1n) is 7.46. The molecule has 2 aromatic carbocycles. The first kappa shape index (κ1) is 18.1. The molecule has 0 bridgehead atoms. The molecule has 0 amide bonds. The molecule has 0 radical (unpaired) electrons. The summed E-state index contributed by atoms with van der Waals surface area (Å²) in [4.78, 5) is 0. The standard InChI is InChI=1S/C19H20O6/c1-24-18-5-3-12(9-16(18)22)7-14(20)11-15(21)8-13-4-6-19(25-2)17(23)10-13/h3-10,20-23H,11H2,1-2H3/b14-7-,15-8-. The normalized spacial score (nSPS) is 12.1. The van der Waals surface area contributed by atoms with E-state index in [0.29, 0.717) is 22.6 Å². The largest absolute Gasteiger partial charge is 0.512 e. The lowest BCUT2D eigenvalue weighted by molar-refractivity contribution is 0.348. The van der Waals surface area contributed by atoms with Crippen molar-refractivity contribution in [3.63, 3.8) is 0 Å². The molecule has 2 rings (SSSR count). The molecule has 2 aromatic rings. The Kier molecular flexibility index (Phi) is 5.79. The zero-order valence-corrected chi connectivity index (χ0v) is 13.9. The van der Waals surface area contributed by atoms with Crippen molar-refractivity contribution >= 4 is 12.2 Å². The number of benzene rings is 2. The van der Waals surface area contributed by atoms with Crippen molar-refractivity contribution in [3.8, 4) is 23.0 Å². The van der Waals surface area contributed by atoms with E-state index < -0.39 is 0 Å². The van der Waals surface area contributed by atoms with Crippen LogP contribution >= 0.6 is 0 Å². The summed E-state index contributed by atoms with van der Waals surface area (Å²) in [5, 5.41) is 39.4. The number of phenolic OH excluding ortho intramolecular Hbond substituents is 2. The van der Waals surface area contributed by atoms with Gasteiger partial charge in [0, 0.05) is 0 Å². The zero-order chi connectivity index (χ0) is 18.4. The number of methoxy groups -OCH3 is 2. The van der Waals surface area contributed by atoms with Crippen LogP contribution in [0.1, 0.15) is 17.5 Å². The van der Waals surface area contributed by atoms with Gasteiger partial charge in [-0.25, -0.2) is 0 Å². The Bertz CT molecular complexity index is 740. The molecule has 0 fully saturated rings. The van der Waals surface area contributed by atoms with Crippen LogP contribution in [0.25, 0.3) is 12.2 Å².